The molecular formula is C11H17NO4. The van der Waals surface area contributed by atoms with Crippen molar-refractivity contribution in [2.75, 3.05) is 6.54 Å². The van der Waals surface area contributed by atoms with E-state index in [9.17, 15) is 9.59 Å². The fourth-order valence-corrected chi connectivity index (χ4v) is 2.29. The van der Waals surface area contributed by atoms with E-state index in [0.717, 1.165) is 6.42 Å². The lowest BCUT2D eigenvalue weighted by Crippen LogP contribution is -2.45. The molecule has 0 aromatic rings. The van der Waals surface area contributed by atoms with E-state index in [2.05, 4.69) is 0 Å². The Morgan fingerprint density at radius 3 is 2.50 bits per heavy atom. The van der Waals surface area contributed by atoms with Crippen molar-refractivity contribution >= 4 is 12.1 Å². The van der Waals surface area contributed by atoms with Gasteiger partial charge in [0.25, 0.3) is 0 Å². The number of likely N-dealkylation sites (tertiary alicyclic amines) is 1. The van der Waals surface area contributed by atoms with E-state index in [0.29, 0.717) is 12.5 Å². The third-order valence-electron chi connectivity index (χ3n) is 3.03. The molecule has 16 heavy (non-hydrogen) atoms. The summed E-state index contributed by atoms with van der Waals surface area (Å²) in [6.07, 6.45) is 0.420. The summed E-state index contributed by atoms with van der Waals surface area (Å²) in [5, 5.41) is 9.08. The van der Waals surface area contributed by atoms with E-state index in [4.69, 9.17) is 9.84 Å². The second-order valence-electron chi connectivity index (χ2n) is 5.58. The number of ether oxygens (including phenoxy) is 1. The Morgan fingerprint density at radius 1 is 1.38 bits per heavy atom. The number of carboxylic acid groups (broad SMARTS) is 1. The van der Waals surface area contributed by atoms with Crippen LogP contribution in [-0.4, -0.2) is 40.3 Å². The molecule has 3 atom stereocenters. The predicted octanol–water partition coefficient (Wildman–Crippen LogP) is 1.33. The molecule has 0 spiro atoms. The monoisotopic (exact) mass is 227 g/mol. The Balaban J connectivity index is 2.04. The van der Waals surface area contributed by atoms with Crippen LogP contribution in [0.2, 0.25) is 0 Å². The summed E-state index contributed by atoms with van der Waals surface area (Å²) >= 11 is 0. The number of hydrogen-bond acceptors (Lipinski definition) is 3. The predicted molar refractivity (Wildman–Crippen MR) is 56.0 cm³/mol. The van der Waals surface area contributed by atoms with E-state index in [1.807, 2.05) is 0 Å². The Hall–Kier alpha value is -1.26. The quantitative estimate of drug-likeness (QED) is 0.733. The molecule has 1 aliphatic heterocycles. The first-order valence-corrected chi connectivity index (χ1v) is 5.52. The van der Waals surface area contributed by atoms with Crippen LogP contribution in [0.15, 0.2) is 0 Å². The third-order valence-corrected chi connectivity index (χ3v) is 3.03. The summed E-state index contributed by atoms with van der Waals surface area (Å²) in [6.45, 7) is 5.85. The molecule has 1 heterocycles. The average Bonchev–Trinajstić information content (AvgIpc) is 2.73. The zero-order valence-corrected chi connectivity index (χ0v) is 9.77. The van der Waals surface area contributed by atoms with Crippen LogP contribution < -0.4 is 0 Å². The summed E-state index contributed by atoms with van der Waals surface area (Å²) in [5.74, 6) is -0.408. The van der Waals surface area contributed by atoms with Crippen LogP contribution >= 0.6 is 0 Å². The number of nitrogens with zero attached hydrogens (tertiary/aromatic N) is 1. The van der Waals surface area contributed by atoms with E-state index >= 15 is 0 Å². The average molecular weight is 227 g/mol. The van der Waals surface area contributed by atoms with Gasteiger partial charge in [0.05, 0.1) is 0 Å². The standard InChI is InChI=1S/C11H17NO4/c1-11(2,3)16-10(15)12-5-6-4-7(6)8(12)9(13)14/h6-8H,4-5H2,1-3H3,(H,13,14)/t6-,7+,8-/m1/s1. The molecule has 0 unspecified atom stereocenters. The smallest absolute Gasteiger partial charge is 0.411 e. The molecule has 2 fully saturated rings. The largest absolute Gasteiger partial charge is 0.480 e. The second-order valence-corrected chi connectivity index (χ2v) is 5.58. The highest BCUT2D eigenvalue weighted by molar-refractivity contribution is 5.82. The van der Waals surface area contributed by atoms with Gasteiger partial charge in [0.1, 0.15) is 11.6 Å². The van der Waals surface area contributed by atoms with Gasteiger partial charge in [-0.3, -0.25) is 4.90 Å². The maximum absolute atomic E-state index is 11.8. The first-order chi connectivity index (χ1) is 7.29. The lowest BCUT2D eigenvalue weighted by Gasteiger charge is -2.28. The Bertz CT molecular complexity index is 333. The molecule has 90 valence electrons. The minimum Gasteiger partial charge on any atom is -0.480 e. The number of fused-ring (bicyclic) bond motifs is 1. The highest BCUT2D eigenvalue weighted by Gasteiger charge is 2.57. The Kier molecular flexibility index (Phi) is 2.36. The molecular weight excluding hydrogens is 210 g/mol. The number of carbonyl (C=O) groups excluding carboxylic acids is 1. The van der Waals surface area contributed by atoms with Crippen molar-refractivity contribution in [1.82, 2.24) is 4.90 Å². The van der Waals surface area contributed by atoms with E-state index < -0.39 is 23.7 Å². The van der Waals surface area contributed by atoms with Crippen molar-refractivity contribution in [3.05, 3.63) is 0 Å². The van der Waals surface area contributed by atoms with Gasteiger partial charge in [-0.1, -0.05) is 0 Å². The summed E-state index contributed by atoms with van der Waals surface area (Å²) in [4.78, 5) is 24.2. The number of rotatable bonds is 1. The van der Waals surface area contributed by atoms with Crippen LogP contribution in [-0.2, 0) is 9.53 Å². The number of carbonyl (C=O) groups is 2. The summed E-state index contributed by atoms with van der Waals surface area (Å²) in [6, 6.07) is -0.681. The van der Waals surface area contributed by atoms with Gasteiger partial charge in [-0.15, -0.1) is 0 Å². The van der Waals surface area contributed by atoms with Gasteiger partial charge in [-0.05, 0) is 39.0 Å². The number of carboxylic acids is 1. The van der Waals surface area contributed by atoms with Gasteiger partial charge in [0.2, 0.25) is 0 Å². The van der Waals surface area contributed by atoms with Crippen molar-refractivity contribution in [2.45, 2.75) is 38.8 Å². The molecule has 1 saturated carbocycles. The van der Waals surface area contributed by atoms with Crippen molar-refractivity contribution in [2.24, 2.45) is 11.8 Å². The lowest BCUT2D eigenvalue weighted by atomic mass is 10.2. The van der Waals surface area contributed by atoms with Crippen molar-refractivity contribution in [3.8, 4) is 0 Å². The zero-order chi connectivity index (χ0) is 12.1. The van der Waals surface area contributed by atoms with E-state index in [1.54, 1.807) is 20.8 Å². The van der Waals surface area contributed by atoms with Gasteiger partial charge in [0.15, 0.2) is 0 Å². The molecule has 2 rings (SSSR count). The maximum Gasteiger partial charge on any atom is 0.411 e. The Morgan fingerprint density at radius 2 is 2.00 bits per heavy atom. The molecule has 5 heteroatoms. The van der Waals surface area contributed by atoms with Crippen LogP contribution in [0.1, 0.15) is 27.2 Å². The number of aliphatic carboxylic acids is 1. The van der Waals surface area contributed by atoms with Crippen LogP contribution in [0.3, 0.4) is 0 Å². The molecule has 2 aliphatic rings. The summed E-state index contributed by atoms with van der Waals surface area (Å²) < 4.78 is 5.19. The van der Waals surface area contributed by atoms with Gasteiger partial charge in [-0.25, -0.2) is 9.59 Å². The SMILES string of the molecule is CC(C)(C)OC(=O)N1C[C@H]2C[C@@H]2[C@@H]1C(=O)O. The summed E-state index contributed by atoms with van der Waals surface area (Å²) in [5.41, 5.74) is -0.576. The minimum absolute atomic E-state index is 0.144. The van der Waals surface area contributed by atoms with Crippen LogP contribution in [0.25, 0.3) is 0 Å². The Labute approximate surface area is 94.4 Å². The van der Waals surface area contributed by atoms with Crippen molar-refractivity contribution < 1.29 is 19.4 Å². The van der Waals surface area contributed by atoms with Crippen LogP contribution in [0, 0.1) is 11.8 Å². The third kappa shape index (κ3) is 1.99. The van der Waals surface area contributed by atoms with Crippen molar-refractivity contribution in [1.29, 1.82) is 0 Å². The van der Waals surface area contributed by atoms with Gasteiger partial charge >= 0.3 is 12.1 Å². The highest BCUT2D eigenvalue weighted by atomic mass is 16.6. The van der Waals surface area contributed by atoms with E-state index in [-0.39, 0.29) is 5.92 Å². The molecule has 1 saturated heterocycles. The normalized spacial score (nSPS) is 32.2. The fraction of sp³-hybridized carbons (Fsp3) is 0.818. The first-order valence-electron chi connectivity index (χ1n) is 5.52. The van der Waals surface area contributed by atoms with Gasteiger partial charge < -0.3 is 9.84 Å². The fourth-order valence-electron chi connectivity index (χ4n) is 2.29. The first kappa shape index (κ1) is 11.2. The van der Waals surface area contributed by atoms with Crippen LogP contribution in [0.5, 0.6) is 0 Å². The zero-order valence-electron chi connectivity index (χ0n) is 9.77. The van der Waals surface area contributed by atoms with E-state index in [1.165, 1.54) is 4.90 Å². The number of amides is 1. The number of piperidine rings is 1. The highest BCUT2D eigenvalue weighted by Crippen LogP contribution is 2.49. The second kappa shape index (κ2) is 3.37. The van der Waals surface area contributed by atoms with Gasteiger partial charge in [0, 0.05) is 6.54 Å². The van der Waals surface area contributed by atoms with Gasteiger partial charge in [-0.2, -0.15) is 0 Å². The molecule has 5 nitrogen and oxygen atoms in total. The maximum atomic E-state index is 11.8. The molecule has 0 aromatic carbocycles. The lowest BCUT2D eigenvalue weighted by molar-refractivity contribution is -0.142. The van der Waals surface area contributed by atoms with Crippen LogP contribution in [0.4, 0.5) is 4.79 Å². The molecule has 1 aliphatic carbocycles. The molecule has 0 radical (unpaired) electrons. The topological polar surface area (TPSA) is 66.8 Å². The van der Waals surface area contributed by atoms with Crippen molar-refractivity contribution in [3.63, 3.8) is 0 Å². The molecule has 0 bridgehead atoms. The molecule has 1 N–H and O–H groups in total. The number of hydrogen-bond donors (Lipinski definition) is 1. The molecule has 1 amide bonds. The molecule has 0 aromatic heterocycles. The summed E-state index contributed by atoms with van der Waals surface area (Å²) in [7, 11) is 0. The minimum atomic E-state index is -0.921.